The number of hydrogen-bond acceptors (Lipinski definition) is 6. The summed E-state index contributed by atoms with van der Waals surface area (Å²) in [5, 5.41) is 10.7. The summed E-state index contributed by atoms with van der Waals surface area (Å²) in [6.07, 6.45) is 2.66. The van der Waals surface area contributed by atoms with Crippen LogP contribution < -0.4 is 10.5 Å². The second kappa shape index (κ2) is 9.58. The number of nitrogens with zero attached hydrogens (tertiary/aromatic N) is 6. The number of aryl methyl sites for hydroxylation is 1. The normalized spacial score (nSPS) is 15.4. The molecule has 0 unspecified atom stereocenters. The standard InChI is InChI=1S/C25H30N6O2S/c1-3-18(2)30-24(33)23-20(12-17-34-23)31-21(26-27-25(30)31)10-7-11-22(32)29-15-13-28(14-16-29)19-8-5-4-6-9-19/h4-6,8-9,12,17-18H,3,7,10-11,13-16H2,1-2H3/t18-/m1/s1. The number of aromatic nitrogens is 4. The Kier molecular flexibility index (Phi) is 6.36. The Balaban J connectivity index is 1.26. The Bertz CT molecular complexity index is 1350. The van der Waals surface area contributed by atoms with Crippen LogP contribution in [0.1, 0.15) is 45.0 Å². The molecule has 0 aliphatic carbocycles. The van der Waals surface area contributed by atoms with Crippen molar-refractivity contribution in [3.63, 3.8) is 0 Å². The minimum atomic E-state index is -0.00405. The van der Waals surface area contributed by atoms with E-state index < -0.39 is 0 Å². The maximum atomic E-state index is 13.0. The van der Waals surface area contributed by atoms with Crippen molar-refractivity contribution in [1.29, 1.82) is 0 Å². The lowest BCUT2D eigenvalue weighted by atomic mass is 10.2. The van der Waals surface area contributed by atoms with Gasteiger partial charge in [-0.25, -0.2) is 0 Å². The van der Waals surface area contributed by atoms with Gasteiger partial charge < -0.3 is 9.80 Å². The van der Waals surface area contributed by atoms with Crippen LogP contribution in [0.25, 0.3) is 16.0 Å². The zero-order valence-electron chi connectivity index (χ0n) is 19.7. The Morgan fingerprint density at radius 1 is 1.09 bits per heavy atom. The molecule has 34 heavy (non-hydrogen) atoms. The third-order valence-electron chi connectivity index (χ3n) is 6.80. The second-order valence-electron chi connectivity index (χ2n) is 8.88. The zero-order chi connectivity index (χ0) is 23.7. The van der Waals surface area contributed by atoms with E-state index in [0.29, 0.717) is 25.0 Å². The van der Waals surface area contributed by atoms with Crippen LogP contribution in [0, 0.1) is 0 Å². The molecule has 0 bridgehead atoms. The summed E-state index contributed by atoms with van der Waals surface area (Å²) in [4.78, 5) is 30.2. The van der Waals surface area contributed by atoms with Crippen molar-refractivity contribution in [2.24, 2.45) is 0 Å². The number of carbonyl (C=O) groups excluding carboxylic acids is 1. The maximum absolute atomic E-state index is 13.0. The fraction of sp³-hybridized carbons (Fsp3) is 0.440. The first-order valence-corrected chi connectivity index (χ1v) is 12.9. The van der Waals surface area contributed by atoms with Gasteiger partial charge in [-0.15, -0.1) is 21.5 Å². The van der Waals surface area contributed by atoms with E-state index in [4.69, 9.17) is 0 Å². The molecule has 5 rings (SSSR count). The SMILES string of the molecule is CC[C@@H](C)n1c(=O)c2sccc2n2c(CCCC(=O)N3CCN(c4ccccc4)CC3)nnc12. The van der Waals surface area contributed by atoms with Crippen molar-refractivity contribution in [3.05, 3.63) is 58.0 Å². The Labute approximate surface area is 202 Å². The minimum absolute atomic E-state index is 0.00405. The number of para-hydroxylation sites is 1. The Morgan fingerprint density at radius 2 is 1.85 bits per heavy atom. The first-order valence-electron chi connectivity index (χ1n) is 12.0. The molecule has 1 saturated heterocycles. The summed E-state index contributed by atoms with van der Waals surface area (Å²) in [7, 11) is 0. The summed E-state index contributed by atoms with van der Waals surface area (Å²) < 4.78 is 4.48. The molecule has 0 radical (unpaired) electrons. The predicted octanol–water partition coefficient (Wildman–Crippen LogP) is 3.75. The second-order valence-corrected chi connectivity index (χ2v) is 9.79. The average molecular weight is 479 g/mol. The minimum Gasteiger partial charge on any atom is -0.368 e. The average Bonchev–Trinajstić information content (AvgIpc) is 3.52. The molecule has 4 heterocycles. The molecule has 8 nitrogen and oxygen atoms in total. The molecule has 1 fully saturated rings. The van der Waals surface area contributed by atoms with Crippen LogP contribution in [0.15, 0.2) is 46.6 Å². The van der Waals surface area contributed by atoms with Gasteiger partial charge in [-0.1, -0.05) is 25.1 Å². The third-order valence-corrected chi connectivity index (χ3v) is 7.69. The van der Waals surface area contributed by atoms with Gasteiger partial charge in [-0.3, -0.25) is 18.6 Å². The van der Waals surface area contributed by atoms with Crippen LogP contribution in [0.5, 0.6) is 0 Å². The van der Waals surface area contributed by atoms with E-state index >= 15 is 0 Å². The number of thiophene rings is 1. The van der Waals surface area contributed by atoms with E-state index in [9.17, 15) is 9.59 Å². The van der Waals surface area contributed by atoms with Gasteiger partial charge >= 0.3 is 0 Å². The van der Waals surface area contributed by atoms with Crippen LogP contribution in [-0.2, 0) is 11.2 Å². The number of fused-ring (bicyclic) bond motifs is 3. The van der Waals surface area contributed by atoms with E-state index in [1.165, 1.54) is 17.0 Å². The van der Waals surface area contributed by atoms with E-state index in [2.05, 4.69) is 34.2 Å². The van der Waals surface area contributed by atoms with Gasteiger partial charge in [0.1, 0.15) is 10.5 Å². The first kappa shape index (κ1) is 22.6. The quantitative estimate of drug-likeness (QED) is 0.404. The molecular weight excluding hydrogens is 448 g/mol. The summed E-state index contributed by atoms with van der Waals surface area (Å²) >= 11 is 1.45. The van der Waals surface area contributed by atoms with Gasteiger partial charge in [-0.2, -0.15) is 0 Å². The van der Waals surface area contributed by atoms with E-state index in [1.54, 1.807) is 4.57 Å². The molecule has 3 aromatic heterocycles. The number of anilines is 1. The maximum Gasteiger partial charge on any atom is 0.273 e. The highest BCUT2D eigenvalue weighted by atomic mass is 32.1. The number of piperazine rings is 1. The number of amides is 1. The van der Waals surface area contributed by atoms with Crippen molar-refractivity contribution in [3.8, 4) is 0 Å². The lowest BCUT2D eigenvalue weighted by Crippen LogP contribution is -2.48. The van der Waals surface area contributed by atoms with Crippen molar-refractivity contribution in [2.75, 3.05) is 31.1 Å². The van der Waals surface area contributed by atoms with Gasteiger partial charge in [-0.05, 0) is 43.3 Å². The first-order chi connectivity index (χ1) is 16.6. The molecule has 1 atom stereocenters. The highest BCUT2D eigenvalue weighted by molar-refractivity contribution is 7.17. The van der Waals surface area contributed by atoms with Crippen LogP contribution in [0.3, 0.4) is 0 Å². The Hall–Kier alpha value is -3.20. The van der Waals surface area contributed by atoms with Crippen molar-refractivity contribution >= 4 is 38.9 Å². The lowest BCUT2D eigenvalue weighted by molar-refractivity contribution is -0.131. The molecule has 1 aromatic carbocycles. The van der Waals surface area contributed by atoms with E-state index in [0.717, 1.165) is 48.6 Å². The van der Waals surface area contributed by atoms with Gasteiger partial charge in [0.2, 0.25) is 11.7 Å². The topological polar surface area (TPSA) is 75.7 Å². The molecule has 1 amide bonds. The molecule has 1 aliphatic heterocycles. The van der Waals surface area contributed by atoms with Crippen LogP contribution in [-0.4, -0.2) is 56.2 Å². The highest BCUT2D eigenvalue weighted by Crippen LogP contribution is 2.23. The zero-order valence-corrected chi connectivity index (χ0v) is 20.5. The van der Waals surface area contributed by atoms with Gasteiger partial charge in [0.05, 0.1) is 5.52 Å². The molecule has 0 N–H and O–H groups in total. The number of rotatable bonds is 7. The fourth-order valence-electron chi connectivity index (χ4n) is 4.70. The van der Waals surface area contributed by atoms with Crippen LogP contribution >= 0.6 is 11.3 Å². The summed E-state index contributed by atoms with van der Waals surface area (Å²) in [6, 6.07) is 12.3. The van der Waals surface area contributed by atoms with Crippen LogP contribution in [0.4, 0.5) is 5.69 Å². The molecule has 0 spiro atoms. The molecule has 0 saturated carbocycles. The molecule has 1 aliphatic rings. The largest absolute Gasteiger partial charge is 0.368 e. The summed E-state index contributed by atoms with van der Waals surface area (Å²) in [6.45, 7) is 7.30. The molecular formula is C25H30N6O2S. The van der Waals surface area contributed by atoms with Gasteiger partial charge in [0.15, 0.2) is 0 Å². The van der Waals surface area contributed by atoms with E-state index in [-0.39, 0.29) is 17.5 Å². The van der Waals surface area contributed by atoms with Crippen LogP contribution in [0.2, 0.25) is 0 Å². The van der Waals surface area contributed by atoms with Gasteiger partial charge in [0.25, 0.3) is 5.56 Å². The number of carbonyl (C=O) groups is 1. The number of hydrogen-bond donors (Lipinski definition) is 0. The smallest absolute Gasteiger partial charge is 0.273 e. The fourth-order valence-corrected chi connectivity index (χ4v) is 5.51. The molecule has 178 valence electrons. The number of benzene rings is 1. The van der Waals surface area contributed by atoms with Crippen molar-refractivity contribution in [1.82, 2.24) is 24.1 Å². The van der Waals surface area contributed by atoms with Crippen molar-refractivity contribution < 1.29 is 4.79 Å². The lowest BCUT2D eigenvalue weighted by Gasteiger charge is -2.36. The molecule has 4 aromatic rings. The predicted molar refractivity (Wildman–Crippen MR) is 136 cm³/mol. The van der Waals surface area contributed by atoms with Crippen molar-refractivity contribution in [2.45, 2.75) is 45.6 Å². The summed E-state index contributed by atoms with van der Waals surface area (Å²) in [5.74, 6) is 1.58. The van der Waals surface area contributed by atoms with E-state index in [1.807, 2.05) is 45.9 Å². The van der Waals surface area contributed by atoms with Gasteiger partial charge in [0, 0.05) is 50.7 Å². The highest BCUT2D eigenvalue weighted by Gasteiger charge is 2.22. The Morgan fingerprint density at radius 3 is 2.59 bits per heavy atom. The monoisotopic (exact) mass is 478 g/mol. The summed E-state index contributed by atoms with van der Waals surface area (Å²) in [5.41, 5.74) is 2.06. The third kappa shape index (κ3) is 4.09. The molecule has 9 heteroatoms.